The van der Waals surface area contributed by atoms with E-state index in [0.29, 0.717) is 0 Å². The molecule has 0 N–H and O–H groups in total. The first-order valence-electron chi connectivity index (χ1n) is 4.38. The molecule has 1 aromatic rings. The summed E-state index contributed by atoms with van der Waals surface area (Å²) in [6, 6.07) is 6.86. The van der Waals surface area contributed by atoms with Gasteiger partial charge < -0.3 is 4.74 Å². The maximum absolute atomic E-state index is 11.4. The third-order valence-corrected chi connectivity index (χ3v) is 2.57. The molecule has 2 rings (SSSR count). The van der Waals surface area contributed by atoms with Gasteiger partial charge in [-0.15, -0.1) is 0 Å². The molecule has 0 saturated carbocycles. The standard InChI is InChI=1S/C11H8BrNO2/c1-2-9-13-10(11(14)15-9)7-3-5-8(12)6-4-7/h2-6,10H,1H2. The Kier molecular flexibility index (Phi) is 2.68. The Labute approximate surface area is 95.6 Å². The first-order valence-corrected chi connectivity index (χ1v) is 5.17. The number of ether oxygens (including phenoxy) is 1. The highest BCUT2D eigenvalue weighted by Gasteiger charge is 2.28. The number of cyclic esters (lactones) is 1. The number of carbonyl (C=O) groups excluding carboxylic acids is 1. The van der Waals surface area contributed by atoms with Crippen molar-refractivity contribution in [2.45, 2.75) is 6.04 Å². The molecule has 0 bridgehead atoms. The van der Waals surface area contributed by atoms with E-state index in [0.717, 1.165) is 10.0 Å². The number of aliphatic imine (C=N–C) groups is 1. The van der Waals surface area contributed by atoms with Crippen LogP contribution in [0.4, 0.5) is 0 Å². The highest BCUT2D eigenvalue weighted by Crippen LogP contribution is 2.25. The van der Waals surface area contributed by atoms with Gasteiger partial charge in [-0.05, 0) is 23.8 Å². The lowest BCUT2D eigenvalue weighted by Crippen LogP contribution is -2.07. The molecule has 76 valence electrons. The van der Waals surface area contributed by atoms with Crippen molar-refractivity contribution < 1.29 is 9.53 Å². The Morgan fingerprint density at radius 1 is 1.40 bits per heavy atom. The zero-order chi connectivity index (χ0) is 10.8. The number of carbonyl (C=O) groups is 1. The van der Waals surface area contributed by atoms with Gasteiger partial charge in [-0.3, -0.25) is 0 Å². The summed E-state index contributed by atoms with van der Waals surface area (Å²) >= 11 is 3.33. The van der Waals surface area contributed by atoms with E-state index in [1.165, 1.54) is 6.08 Å². The minimum atomic E-state index is -0.550. The van der Waals surface area contributed by atoms with Crippen molar-refractivity contribution in [1.29, 1.82) is 0 Å². The molecule has 0 aromatic heterocycles. The number of nitrogens with zero attached hydrogens (tertiary/aromatic N) is 1. The molecule has 15 heavy (non-hydrogen) atoms. The third-order valence-electron chi connectivity index (χ3n) is 2.05. The van der Waals surface area contributed by atoms with E-state index in [9.17, 15) is 4.79 Å². The summed E-state index contributed by atoms with van der Waals surface area (Å²) < 4.78 is 5.85. The Hall–Kier alpha value is -1.42. The molecule has 3 nitrogen and oxygen atoms in total. The molecule has 0 fully saturated rings. The Morgan fingerprint density at radius 2 is 2.07 bits per heavy atom. The van der Waals surface area contributed by atoms with Crippen LogP contribution in [-0.2, 0) is 9.53 Å². The molecule has 1 aliphatic heterocycles. The fourth-order valence-electron chi connectivity index (χ4n) is 1.32. The number of esters is 1. The van der Waals surface area contributed by atoms with E-state index >= 15 is 0 Å². The molecule has 0 spiro atoms. The Balaban J connectivity index is 2.31. The van der Waals surface area contributed by atoms with Crippen LogP contribution >= 0.6 is 15.9 Å². The third kappa shape index (κ3) is 1.99. The normalized spacial score (nSPS) is 19.7. The summed E-state index contributed by atoms with van der Waals surface area (Å²) in [6.45, 7) is 3.50. The number of hydrogen-bond donors (Lipinski definition) is 0. The van der Waals surface area contributed by atoms with Crippen LogP contribution < -0.4 is 0 Å². The van der Waals surface area contributed by atoms with Crippen molar-refractivity contribution >= 4 is 27.8 Å². The van der Waals surface area contributed by atoms with E-state index in [1.807, 2.05) is 24.3 Å². The second-order valence-electron chi connectivity index (χ2n) is 3.05. The van der Waals surface area contributed by atoms with Crippen LogP contribution in [0, 0.1) is 0 Å². The molecule has 0 saturated heterocycles. The van der Waals surface area contributed by atoms with Crippen LogP contribution in [-0.4, -0.2) is 11.9 Å². The van der Waals surface area contributed by atoms with Gasteiger partial charge in [0.05, 0.1) is 0 Å². The predicted octanol–water partition coefficient (Wildman–Crippen LogP) is 2.63. The first-order chi connectivity index (χ1) is 7.20. The van der Waals surface area contributed by atoms with E-state index < -0.39 is 6.04 Å². The predicted molar refractivity (Wildman–Crippen MR) is 60.6 cm³/mol. The van der Waals surface area contributed by atoms with Gasteiger partial charge in [-0.2, -0.15) is 0 Å². The second-order valence-corrected chi connectivity index (χ2v) is 3.96. The molecular weight excluding hydrogens is 258 g/mol. The molecule has 1 aromatic carbocycles. The Bertz CT molecular complexity index is 436. The lowest BCUT2D eigenvalue weighted by molar-refractivity contribution is -0.135. The van der Waals surface area contributed by atoms with Crippen LogP contribution in [0.1, 0.15) is 11.6 Å². The summed E-state index contributed by atoms with van der Waals surface area (Å²) in [5, 5.41) is 0. The minimum Gasteiger partial charge on any atom is -0.406 e. The fraction of sp³-hybridized carbons (Fsp3) is 0.0909. The van der Waals surface area contributed by atoms with Crippen LogP contribution in [0.5, 0.6) is 0 Å². The lowest BCUT2D eigenvalue weighted by atomic mass is 10.1. The highest BCUT2D eigenvalue weighted by atomic mass is 79.9. The van der Waals surface area contributed by atoms with Gasteiger partial charge in [0.1, 0.15) is 0 Å². The van der Waals surface area contributed by atoms with Gasteiger partial charge in [0, 0.05) is 4.47 Å². The maximum Gasteiger partial charge on any atom is 0.342 e. The van der Waals surface area contributed by atoms with Crippen molar-refractivity contribution in [1.82, 2.24) is 0 Å². The van der Waals surface area contributed by atoms with Crippen molar-refractivity contribution in [3.63, 3.8) is 0 Å². The zero-order valence-electron chi connectivity index (χ0n) is 7.81. The fourth-order valence-corrected chi connectivity index (χ4v) is 1.58. The largest absolute Gasteiger partial charge is 0.406 e. The molecule has 0 amide bonds. The number of halogens is 1. The quantitative estimate of drug-likeness (QED) is 0.772. The summed E-state index contributed by atoms with van der Waals surface area (Å²) in [4.78, 5) is 15.5. The molecule has 1 unspecified atom stereocenters. The summed E-state index contributed by atoms with van der Waals surface area (Å²) in [5.41, 5.74) is 0.819. The average Bonchev–Trinajstić information content (AvgIpc) is 2.61. The van der Waals surface area contributed by atoms with Gasteiger partial charge in [-0.25, -0.2) is 9.79 Å². The van der Waals surface area contributed by atoms with Gasteiger partial charge >= 0.3 is 5.97 Å². The van der Waals surface area contributed by atoms with E-state index in [1.54, 1.807) is 0 Å². The van der Waals surface area contributed by atoms with E-state index in [2.05, 4.69) is 27.5 Å². The minimum absolute atomic E-state index is 0.285. The maximum atomic E-state index is 11.4. The number of hydrogen-bond acceptors (Lipinski definition) is 3. The van der Waals surface area contributed by atoms with Crippen molar-refractivity contribution in [3.05, 3.63) is 47.0 Å². The molecule has 0 aliphatic carbocycles. The molecular formula is C11H8BrNO2. The molecule has 4 heteroatoms. The zero-order valence-corrected chi connectivity index (χ0v) is 9.40. The van der Waals surface area contributed by atoms with E-state index in [4.69, 9.17) is 4.74 Å². The van der Waals surface area contributed by atoms with Gasteiger partial charge in [0.25, 0.3) is 0 Å². The van der Waals surface area contributed by atoms with Crippen molar-refractivity contribution in [3.8, 4) is 0 Å². The van der Waals surface area contributed by atoms with Gasteiger partial charge in [0.15, 0.2) is 6.04 Å². The van der Waals surface area contributed by atoms with Crippen LogP contribution in [0.25, 0.3) is 0 Å². The molecule has 1 heterocycles. The molecule has 0 radical (unpaired) electrons. The van der Waals surface area contributed by atoms with Gasteiger partial charge in [0.2, 0.25) is 5.90 Å². The SMILES string of the molecule is C=CC1=NC(c2ccc(Br)cc2)C(=O)O1. The summed E-state index contributed by atoms with van der Waals surface area (Å²) in [6.07, 6.45) is 1.43. The summed E-state index contributed by atoms with van der Waals surface area (Å²) in [5.74, 6) is -0.0693. The van der Waals surface area contributed by atoms with E-state index in [-0.39, 0.29) is 11.9 Å². The van der Waals surface area contributed by atoms with Gasteiger partial charge in [-0.1, -0.05) is 34.6 Å². The highest BCUT2D eigenvalue weighted by molar-refractivity contribution is 9.10. The Morgan fingerprint density at radius 3 is 2.60 bits per heavy atom. The van der Waals surface area contributed by atoms with Crippen molar-refractivity contribution in [2.75, 3.05) is 0 Å². The second kappa shape index (κ2) is 3.98. The topological polar surface area (TPSA) is 38.7 Å². The smallest absolute Gasteiger partial charge is 0.342 e. The van der Waals surface area contributed by atoms with Crippen LogP contribution in [0.3, 0.4) is 0 Å². The summed E-state index contributed by atoms with van der Waals surface area (Å²) in [7, 11) is 0. The first kappa shape index (κ1) is 10.1. The number of rotatable bonds is 2. The van der Waals surface area contributed by atoms with Crippen LogP contribution in [0.15, 0.2) is 46.4 Å². The van der Waals surface area contributed by atoms with Crippen LogP contribution in [0.2, 0.25) is 0 Å². The number of benzene rings is 1. The lowest BCUT2D eigenvalue weighted by Gasteiger charge is -2.02. The van der Waals surface area contributed by atoms with Crippen molar-refractivity contribution in [2.24, 2.45) is 4.99 Å². The molecule has 1 aliphatic rings. The average molecular weight is 266 g/mol. The monoisotopic (exact) mass is 265 g/mol. The molecule has 1 atom stereocenters.